The number of carbonyl (C=O) groups excluding carboxylic acids is 3. The molecule has 0 bridgehead atoms. The van der Waals surface area contributed by atoms with Gasteiger partial charge in [0.15, 0.2) is 5.17 Å². The Bertz CT molecular complexity index is 1270. The Morgan fingerprint density at radius 1 is 1.19 bits per heavy atom. The zero-order valence-corrected chi connectivity index (χ0v) is 22.2. The van der Waals surface area contributed by atoms with E-state index in [2.05, 4.69) is 27.5 Å². The molecule has 194 valence electrons. The van der Waals surface area contributed by atoms with E-state index in [1.165, 1.54) is 12.0 Å². The molecule has 2 aromatic carbocycles. The summed E-state index contributed by atoms with van der Waals surface area (Å²) in [5.74, 6) is 0.406. The zero-order chi connectivity index (χ0) is 26.4. The lowest BCUT2D eigenvalue weighted by atomic mass is 10.1. The molecule has 2 aliphatic rings. The van der Waals surface area contributed by atoms with Crippen LogP contribution in [0.25, 0.3) is 0 Å². The molecular formula is C26H28ClN5O4S. The average Bonchev–Trinajstić information content (AvgIpc) is 3.23. The van der Waals surface area contributed by atoms with E-state index in [1.807, 2.05) is 24.3 Å². The third-order valence-corrected chi connectivity index (χ3v) is 7.05. The number of fused-ring (bicyclic) bond motifs is 3. The number of amides is 3. The molecule has 1 atom stereocenters. The number of methoxy groups -OCH3 is 1. The number of unbranched alkanes of at least 4 members (excludes halogenated alkanes) is 1. The van der Waals surface area contributed by atoms with E-state index in [1.54, 1.807) is 18.2 Å². The van der Waals surface area contributed by atoms with Crippen LogP contribution in [-0.4, -0.2) is 59.1 Å². The molecule has 2 aliphatic heterocycles. The number of benzene rings is 2. The Kier molecular flexibility index (Phi) is 8.83. The van der Waals surface area contributed by atoms with Crippen molar-refractivity contribution in [3.05, 3.63) is 53.1 Å². The van der Waals surface area contributed by atoms with Gasteiger partial charge in [0.1, 0.15) is 17.6 Å². The van der Waals surface area contributed by atoms with E-state index in [0.29, 0.717) is 46.1 Å². The van der Waals surface area contributed by atoms with Crippen LogP contribution in [0, 0.1) is 0 Å². The zero-order valence-electron chi connectivity index (χ0n) is 20.6. The van der Waals surface area contributed by atoms with Crippen LogP contribution in [0.2, 0.25) is 5.02 Å². The molecule has 0 unspecified atom stereocenters. The van der Waals surface area contributed by atoms with Crippen molar-refractivity contribution >= 4 is 63.5 Å². The van der Waals surface area contributed by atoms with Gasteiger partial charge in [0.05, 0.1) is 23.6 Å². The maximum absolute atomic E-state index is 13.3. The summed E-state index contributed by atoms with van der Waals surface area (Å²) in [6.07, 6.45) is 2.42. The molecule has 0 saturated heterocycles. The summed E-state index contributed by atoms with van der Waals surface area (Å²) < 4.78 is 5.14. The van der Waals surface area contributed by atoms with Crippen LogP contribution >= 0.6 is 23.4 Å². The highest BCUT2D eigenvalue weighted by Gasteiger charge is 2.41. The molecule has 4 rings (SSSR count). The van der Waals surface area contributed by atoms with E-state index in [9.17, 15) is 14.4 Å². The average molecular weight is 542 g/mol. The van der Waals surface area contributed by atoms with Crippen molar-refractivity contribution in [2.75, 3.05) is 24.7 Å². The van der Waals surface area contributed by atoms with Crippen LogP contribution in [0.3, 0.4) is 0 Å². The minimum atomic E-state index is -0.681. The van der Waals surface area contributed by atoms with Gasteiger partial charge >= 0.3 is 0 Å². The number of nitrogens with zero attached hydrogens (tertiary/aromatic N) is 3. The number of carbonyl (C=O) groups is 3. The number of para-hydroxylation sites is 1. The van der Waals surface area contributed by atoms with Crippen LogP contribution in [0.15, 0.2) is 52.4 Å². The van der Waals surface area contributed by atoms with E-state index in [0.717, 1.165) is 30.2 Å². The van der Waals surface area contributed by atoms with Gasteiger partial charge in [0.2, 0.25) is 11.8 Å². The summed E-state index contributed by atoms with van der Waals surface area (Å²) >= 11 is 7.29. The first kappa shape index (κ1) is 26.7. The minimum Gasteiger partial charge on any atom is -0.495 e. The van der Waals surface area contributed by atoms with Crippen LogP contribution in [0.1, 0.15) is 38.2 Å². The Balaban J connectivity index is 1.44. The number of aliphatic imine (C=N–C) groups is 2. The molecule has 11 heteroatoms. The Hall–Kier alpha value is -3.37. The predicted molar refractivity (Wildman–Crippen MR) is 147 cm³/mol. The summed E-state index contributed by atoms with van der Waals surface area (Å²) in [5.41, 5.74) is 1.95. The molecule has 0 saturated carbocycles. The normalized spacial score (nSPS) is 15.9. The largest absolute Gasteiger partial charge is 0.495 e. The Morgan fingerprint density at radius 3 is 2.76 bits per heavy atom. The van der Waals surface area contributed by atoms with Gasteiger partial charge in [-0.1, -0.05) is 48.8 Å². The first-order valence-corrected chi connectivity index (χ1v) is 13.4. The molecule has 0 aliphatic carbocycles. The van der Waals surface area contributed by atoms with Crippen LogP contribution in [0.4, 0.5) is 11.4 Å². The fraction of sp³-hybridized carbons (Fsp3) is 0.346. The van der Waals surface area contributed by atoms with Crippen molar-refractivity contribution < 1.29 is 19.1 Å². The van der Waals surface area contributed by atoms with Gasteiger partial charge in [-0.15, -0.1) is 0 Å². The molecule has 37 heavy (non-hydrogen) atoms. The fourth-order valence-electron chi connectivity index (χ4n) is 3.92. The van der Waals surface area contributed by atoms with E-state index in [-0.39, 0.29) is 29.9 Å². The van der Waals surface area contributed by atoms with Crippen molar-refractivity contribution in [2.45, 2.75) is 38.6 Å². The van der Waals surface area contributed by atoms with Gasteiger partial charge in [-0.05, 0) is 43.2 Å². The van der Waals surface area contributed by atoms with Gasteiger partial charge in [-0.3, -0.25) is 19.4 Å². The third-order valence-electron chi connectivity index (χ3n) is 5.81. The van der Waals surface area contributed by atoms with Gasteiger partial charge in [0, 0.05) is 24.2 Å². The second-order valence-electron chi connectivity index (χ2n) is 8.48. The molecule has 2 aromatic rings. The molecule has 0 radical (unpaired) electrons. The maximum Gasteiger partial charge on any atom is 0.259 e. The van der Waals surface area contributed by atoms with Gasteiger partial charge in [0.25, 0.3) is 5.91 Å². The summed E-state index contributed by atoms with van der Waals surface area (Å²) in [6, 6.07) is 11.7. The van der Waals surface area contributed by atoms with Crippen molar-refractivity contribution in [3.63, 3.8) is 0 Å². The first-order chi connectivity index (χ1) is 17.9. The lowest BCUT2D eigenvalue weighted by Gasteiger charge is -2.25. The third kappa shape index (κ3) is 6.31. The number of thioether (sulfide) groups is 1. The molecule has 0 fully saturated rings. The molecule has 9 nitrogen and oxygen atoms in total. The number of hydrogen-bond acceptors (Lipinski definition) is 7. The van der Waals surface area contributed by atoms with Crippen LogP contribution in [0.5, 0.6) is 5.75 Å². The molecular weight excluding hydrogens is 514 g/mol. The van der Waals surface area contributed by atoms with E-state index < -0.39 is 6.04 Å². The van der Waals surface area contributed by atoms with E-state index >= 15 is 0 Å². The lowest BCUT2D eigenvalue weighted by Crippen LogP contribution is -2.41. The number of hydrogen-bond donors (Lipinski definition) is 2. The van der Waals surface area contributed by atoms with Crippen molar-refractivity contribution in [3.8, 4) is 5.75 Å². The first-order valence-electron chi connectivity index (χ1n) is 12.0. The number of rotatable bonds is 10. The second-order valence-corrected chi connectivity index (χ2v) is 9.83. The Morgan fingerprint density at radius 2 is 2.00 bits per heavy atom. The number of anilines is 1. The fourth-order valence-corrected chi connectivity index (χ4v) is 4.98. The maximum atomic E-state index is 13.3. The lowest BCUT2D eigenvalue weighted by molar-refractivity contribution is -0.125. The number of nitrogens with one attached hydrogen (secondary N) is 2. The van der Waals surface area contributed by atoms with Gasteiger partial charge in [-0.2, -0.15) is 0 Å². The predicted octanol–water partition coefficient (Wildman–Crippen LogP) is 4.38. The summed E-state index contributed by atoms with van der Waals surface area (Å²) in [4.78, 5) is 48.9. The highest BCUT2D eigenvalue weighted by atomic mass is 35.5. The van der Waals surface area contributed by atoms with Gasteiger partial charge in [-0.25, -0.2) is 9.89 Å². The molecule has 0 spiro atoms. The summed E-state index contributed by atoms with van der Waals surface area (Å²) in [5, 5.41) is 6.42. The summed E-state index contributed by atoms with van der Waals surface area (Å²) in [7, 11) is 1.52. The summed E-state index contributed by atoms with van der Waals surface area (Å²) in [6.45, 7) is 2.68. The van der Waals surface area contributed by atoms with Crippen molar-refractivity contribution in [2.24, 2.45) is 9.98 Å². The minimum absolute atomic E-state index is 0.0200. The van der Waals surface area contributed by atoms with Crippen molar-refractivity contribution in [1.29, 1.82) is 0 Å². The van der Waals surface area contributed by atoms with Crippen LogP contribution < -0.4 is 15.4 Å². The number of ether oxygens (including phenoxy) is 1. The molecule has 2 N–H and O–H groups in total. The quantitative estimate of drug-likeness (QED) is 0.434. The topological polar surface area (TPSA) is 112 Å². The van der Waals surface area contributed by atoms with Crippen molar-refractivity contribution in [1.82, 2.24) is 10.2 Å². The SMILES string of the molecule is CCCCNC(=O)CC[C@@H]1N=C2c3ccccc3N=C(SCC(=O)Nc3ccc(OC)c(Cl)c3)N2C1=O. The smallest absolute Gasteiger partial charge is 0.259 e. The van der Waals surface area contributed by atoms with E-state index in [4.69, 9.17) is 16.3 Å². The number of amidine groups is 2. The highest BCUT2D eigenvalue weighted by molar-refractivity contribution is 8.14. The molecule has 3 amide bonds. The van der Waals surface area contributed by atoms with Gasteiger partial charge < -0.3 is 15.4 Å². The molecule has 0 aromatic heterocycles. The highest BCUT2D eigenvalue weighted by Crippen LogP contribution is 2.34. The Labute approximate surface area is 224 Å². The van der Waals surface area contributed by atoms with Crippen LogP contribution in [-0.2, 0) is 14.4 Å². The number of halogens is 1. The molecule has 2 heterocycles. The standard InChI is InChI=1S/C26H28ClN5O4S/c1-3-4-13-28-22(33)12-10-20-25(35)32-24(30-20)17-7-5-6-8-19(17)31-26(32)37-15-23(34)29-16-9-11-21(36-2)18(27)14-16/h5-9,11,14,20H,3-4,10,12-13,15H2,1-2H3,(H,28,33)(H,29,34)/t20-/m0/s1. The second kappa shape index (κ2) is 12.2. The monoisotopic (exact) mass is 541 g/mol.